The number of nitrogens with zero attached hydrogens (tertiary/aromatic N) is 1. The third-order valence-electron chi connectivity index (χ3n) is 4.14. The highest BCUT2D eigenvalue weighted by atomic mass is 16.5. The van der Waals surface area contributed by atoms with E-state index in [4.69, 9.17) is 4.74 Å². The van der Waals surface area contributed by atoms with Gasteiger partial charge in [-0.25, -0.2) is 0 Å². The summed E-state index contributed by atoms with van der Waals surface area (Å²) >= 11 is 0. The molecule has 0 aromatic heterocycles. The first-order chi connectivity index (χ1) is 8.68. The van der Waals surface area contributed by atoms with Gasteiger partial charge in [-0.3, -0.25) is 9.59 Å². The Hall–Kier alpha value is -1.36. The van der Waals surface area contributed by atoms with Gasteiger partial charge in [0.2, 0.25) is 5.91 Å². The lowest BCUT2D eigenvalue weighted by Gasteiger charge is -2.31. The summed E-state index contributed by atoms with van der Waals surface area (Å²) in [5.74, 6) is -2.22. The minimum Gasteiger partial charge on any atom is -0.481 e. The Morgan fingerprint density at radius 2 is 1.67 bits per heavy atom. The summed E-state index contributed by atoms with van der Waals surface area (Å²) in [5, 5.41) is 9.27. The summed E-state index contributed by atoms with van der Waals surface area (Å²) < 4.78 is 5.53. The molecule has 5 heteroatoms. The number of hydrogen-bond acceptors (Lipinski definition) is 3. The molecule has 0 spiro atoms. The van der Waals surface area contributed by atoms with Crippen molar-refractivity contribution in [1.29, 1.82) is 0 Å². The van der Waals surface area contributed by atoms with Gasteiger partial charge in [-0.15, -0.1) is 0 Å². The van der Waals surface area contributed by atoms with Crippen LogP contribution in [0, 0.1) is 11.8 Å². The van der Waals surface area contributed by atoms with Crippen LogP contribution in [0.25, 0.3) is 0 Å². The van der Waals surface area contributed by atoms with Crippen LogP contribution in [0.3, 0.4) is 0 Å². The van der Waals surface area contributed by atoms with Gasteiger partial charge in [0.1, 0.15) is 5.92 Å². The SMILES string of the molecule is O=C(O)[C@H]1[C@H](C(=O)N2CCCCC2)[C@H]2C=C[C@H]1O2. The molecule has 18 heavy (non-hydrogen) atoms. The molecule has 3 heterocycles. The topological polar surface area (TPSA) is 66.8 Å². The van der Waals surface area contributed by atoms with Gasteiger partial charge in [0.15, 0.2) is 0 Å². The quantitative estimate of drug-likeness (QED) is 0.732. The number of hydrogen-bond donors (Lipinski definition) is 1. The minimum atomic E-state index is -0.929. The third kappa shape index (κ3) is 1.73. The minimum absolute atomic E-state index is 0.0426. The Bertz CT molecular complexity index is 400. The van der Waals surface area contributed by atoms with Gasteiger partial charge in [0, 0.05) is 13.1 Å². The van der Waals surface area contributed by atoms with Crippen molar-refractivity contribution < 1.29 is 19.4 Å². The first-order valence-corrected chi connectivity index (χ1v) is 6.54. The van der Waals surface area contributed by atoms with Gasteiger partial charge in [-0.1, -0.05) is 12.2 Å². The second-order valence-corrected chi connectivity index (χ2v) is 5.23. The van der Waals surface area contributed by atoms with Crippen LogP contribution in [-0.2, 0) is 14.3 Å². The van der Waals surface area contributed by atoms with Crippen LogP contribution in [0.5, 0.6) is 0 Å². The van der Waals surface area contributed by atoms with Crippen molar-refractivity contribution in [1.82, 2.24) is 4.90 Å². The zero-order valence-corrected chi connectivity index (χ0v) is 10.1. The number of carbonyl (C=O) groups excluding carboxylic acids is 1. The van der Waals surface area contributed by atoms with E-state index in [1.165, 1.54) is 0 Å². The van der Waals surface area contributed by atoms with Crippen LogP contribution in [0.15, 0.2) is 12.2 Å². The third-order valence-corrected chi connectivity index (χ3v) is 4.14. The number of carboxylic acid groups (broad SMARTS) is 1. The van der Waals surface area contributed by atoms with Gasteiger partial charge in [0.25, 0.3) is 0 Å². The summed E-state index contributed by atoms with van der Waals surface area (Å²) in [4.78, 5) is 25.6. The molecule has 3 aliphatic rings. The van der Waals surface area contributed by atoms with Gasteiger partial charge >= 0.3 is 5.97 Å². The van der Waals surface area contributed by atoms with Crippen LogP contribution >= 0.6 is 0 Å². The number of aliphatic carboxylic acids is 1. The zero-order chi connectivity index (χ0) is 12.7. The zero-order valence-electron chi connectivity index (χ0n) is 10.1. The number of carbonyl (C=O) groups is 2. The van der Waals surface area contributed by atoms with E-state index in [1.54, 1.807) is 6.08 Å². The fourth-order valence-electron chi connectivity index (χ4n) is 3.22. The molecular formula is C13H17NO4. The summed E-state index contributed by atoms with van der Waals surface area (Å²) in [6.45, 7) is 1.51. The molecule has 2 bridgehead atoms. The molecule has 4 atom stereocenters. The first-order valence-electron chi connectivity index (χ1n) is 6.54. The van der Waals surface area contributed by atoms with Crippen molar-refractivity contribution in [2.24, 2.45) is 11.8 Å². The molecule has 1 N–H and O–H groups in total. The van der Waals surface area contributed by atoms with Crippen molar-refractivity contribution in [3.63, 3.8) is 0 Å². The Morgan fingerprint density at radius 3 is 2.28 bits per heavy atom. The molecule has 0 radical (unpaired) electrons. The van der Waals surface area contributed by atoms with Crippen molar-refractivity contribution >= 4 is 11.9 Å². The molecule has 2 fully saturated rings. The molecular weight excluding hydrogens is 234 g/mol. The predicted molar refractivity (Wildman–Crippen MR) is 62.8 cm³/mol. The maximum atomic E-state index is 12.5. The van der Waals surface area contributed by atoms with E-state index in [2.05, 4.69) is 0 Å². The van der Waals surface area contributed by atoms with Gasteiger partial charge in [-0.2, -0.15) is 0 Å². The second kappa shape index (κ2) is 4.39. The van der Waals surface area contributed by atoms with Crippen molar-refractivity contribution in [2.75, 3.05) is 13.1 Å². The second-order valence-electron chi connectivity index (χ2n) is 5.23. The van der Waals surface area contributed by atoms with E-state index in [9.17, 15) is 14.7 Å². The number of amides is 1. The lowest BCUT2D eigenvalue weighted by atomic mass is 9.82. The first kappa shape index (κ1) is 11.7. The van der Waals surface area contributed by atoms with E-state index in [0.29, 0.717) is 0 Å². The van der Waals surface area contributed by atoms with Crippen molar-refractivity contribution in [2.45, 2.75) is 31.5 Å². The van der Waals surface area contributed by atoms with Crippen LogP contribution < -0.4 is 0 Å². The lowest BCUT2D eigenvalue weighted by molar-refractivity contribution is -0.149. The highest BCUT2D eigenvalue weighted by Crippen LogP contribution is 2.40. The Labute approximate surface area is 105 Å². The van der Waals surface area contributed by atoms with E-state index in [1.807, 2.05) is 11.0 Å². The molecule has 1 amide bonds. The van der Waals surface area contributed by atoms with Crippen LogP contribution in [0.1, 0.15) is 19.3 Å². The van der Waals surface area contributed by atoms with Crippen molar-refractivity contribution in [3.8, 4) is 0 Å². The van der Waals surface area contributed by atoms with Gasteiger partial charge < -0.3 is 14.7 Å². The summed E-state index contributed by atoms with van der Waals surface area (Å²) in [5.41, 5.74) is 0. The molecule has 3 aliphatic heterocycles. The molecule has 0 unspecified atom stereocenters. The largest absolute Gasteiger partial charge is 0.481 e. The predicted octanol–water partition coefficient (Wildman–Crippen LogP) is 0.653. The number of carboxylic acids is 1. The molecule has 3 rings (SSSR count). The lowest BCUT2D eigenvalue weighted by Crippen LogP contribution is -2.46. The average molecular weight is 251 g/mol. The van der Waals surface area contributed by atoms with Crippen LogP contribution in [0.2, 0.25) is 0 Å². The molecule has 2 saturated heterocycles. The highest BCUT2D eigenvalue weighted by Gasteiger charge is 2.54. The summed E-state index contributed by atoms with van der Waals surface area (Å²) in [7, 11) is 0. The van der Waals surface area contributed by atoms with Crippen LogP contribution in [0.4, 0.5) is 0 Å². The van der Waals surface area contributed by atoms with E-state index in [-0.39, 0.29) is 12.0 Å². The number of likely N-dealkylation sites (tertiary alicyclic amines) is 1. The maximum absolute atomic E-state index is 12.5. The number of fused-ring (bicyclic) bond motifs is 2. The number of piperidine rings is 1. The molecule has 98 valence electrons. The highest BCUT2D eigenvalue weighted by molar-refractivity contribution is 5.87. The summed E-state index contributed by atoms with van der Waals surface area (Å²) in [6.07, 6.45) is 6.01. The molecule has 0 saturated carbocycles. The average Bonchev–Trinajstić information content (AvgIpc) is 2.99. The number of rotatable bonds is 2. The molecule has 0 aromatic carbocycles. The van der Waals surface area contributed by atoms with E-state index < -0.39 is 23.9 Å². The van der Waals surface area contributed by atoms with E-state index in [0.717, 1.165) is 32.4 Å². The smallest absolute Gasteiger partial charge is 0.310 e. The fourth-order valence-corrected chi connectivity index (χ4v) is 3.22. The normalized spacial score (nSPS) is 38.1. The molecule has 0 aliphatic carbocycles. The standard InChI is InChI=1S/C13H17NO4/c15-12(14-6-2-1-3-7-14)10-8-4-5-9(18-8)11(10)13(16)17/h4-5,8-11H,1-3,6-7H2,(H,16,17)/t8-,9-,10-,11-/m1/s1. The Kier molecular flexibility index (Phi) is 2.86. The van der Waals surface area contributed by atoms with Crippen molar-refractivity contribution in [3.05, 3.63) is 12.2 Å². The molecule has 5 nitrogen and oxygen atoms in total. The van der Waals surface area contributed by atoms with E-state index >= 15 is 0 Å². The Morgan fingerprint density at radius 1 is 1.06 bits per heavy atom. The summed E-state index contributed by atoms with van der Waals surface area (Å²) in [6, 6.07) is 0. The van der Waals surface area contributed by atoms with Gasteiger partial charge in [0.05, 0.1) is 18.1 Å². The Balaban J connectivity index is 1.79. The fraction of sp³-hybridized carbons (Fsp3) is 0.692. The monoisotopic (exact) mass is 251 g/mol. The van der Waals surface area contributed by atoms with Gasteiger partial charge in [-0.05, 0) is 19.3 Å². The molecule has 0 aromatic rings. The number of ether oxygens (including phenoxy) is 1. The van der Waals surface area contributed by atoms with Crippen LogP contribution in [-0.4, -0.2) is 47.2 Å². The maximum Gasteiger partial charge on any atom is 0.310 e.